The van der Waals surface area contributed by atoms with Crippen molar-refractivity contribution in [1.29, 1.82) is 0 Å². The molecule has 1 aliphatic carbocycles. The van der Waals surface area contributed by atoms with Gasteiger partial charge >= 0.3 is 0 Å². The van der Waals surface area contributed by atoms with Gasteiger partial charge in [0.25, 0.3) is 0 Å². The maximum absolute atomic E-state index is 11.9. The second-order valence-electron chi connectivity index (χ2n) is 6.18. The van der Waals surface area contributed by atoms with Gasteiger partial charge in [0.1, 0.15) is 0 Å². The smallest absolute Gasteiger partial charge is 0.234 e. The molecule has 21 heavy (non-hydrogen) atoms. The van der Waals surface area contributed by atoms with E-state index in [0.717, 1.165) is 32.4 Å². The number of piperidine rings is 1. The van der Waals surface area contributed by atoms with Gasteiger partial charge in [0, 0.05) is 13.1 Å². The van der Waals surface area contributed by atoms with E-state index < -0.39 is 0 Å². The van der Waals surface area contributed by atoms with Gasteiger partial charge in [-0.15, -0.1) is 0 Å². The SMILES string of the molecule is NC(=O)[C@@H]1CCCN(CC(=O)NCCC2=CCCCC2)C1. The summed E-state index contributed by atoms with van der Waals surface area (Å²) in [6.07, 6.45) is 10.0. The molecule has 1 aliphatic heterocycles. The van der Waals surface area contributed by atoms with Crippen molar-refractivity contribution < 1.29 is 9.59 Å². The molecule has 0 aromatic rings. The molecule has 0 bridgehead atoms. The number of nitrogens with two attached hydrogens (primary N) is 1. The Hall–Kier alpha value is -1.36. The Morgan fingerprint density at radius 2 is 2.19 bits per heavy atom. The lowest BCUT2D eigenvalue weighted by atomic mass is 9.97. The molecule has 0 unspecified atom stereocenters. The van der Waals surface area contributed by atoms with Crippen molar-refractivity contribution in [2.24, 2.45) is 11.7 Å². The minimum atomic E-state index is -0.246. The molecule has 0 spiro atoms. The van der Waals surface area contributed by atoms with E-state index >= 15 is 0 Å². The summed E-state index contributed by atoms with van der Waals surface area (Å²) >= 11 is 0. The molecule has 0 saturated carbocycles. The Balaban J connectivity index is 1.64. The molecule has 0 aromatic heterocycles. The Morgan fingerprint density at radius 3 is 2.90 bits per heavy atom. The minimum Gasteiger partial charge on any atom is -0.369 e. The lowest BCUT2D eigenvalue weighted by molar-refractivity contribution is -0.126. The Bertz CT molecular complexity index is 406. The zero-order valence-electron chi connectivity index (χ0n) is 12.8. The highest BCUT2D eigenvalue weighted by molar-refractivity contribution is 5.79. The van der Waals surface area contributed by atoms with E-state index in [2.05, 4.69) is 11.4 Å². The van der Waals surface area contributed by atoms with Crippen molar-refractivity contribution in [1.82, 2.24) is 10.2 Å². The third kappa shape index (κ3) is 5.50. The first-order valence-electron chi connectivity index (χ1n) is 8.11. The molecular weight excluding hydrogens is 266 g/mol. The van der Waals surface area contributed by atoms with Crippen LogP contribution in [0.25, 0.3) is 0 Å². The van der Waals surface area contributed by atoms with Crippen LogP contribution in [0.2, 0.25) is 0 Å². The summed E-state index contributed by atoms with van der Waals surface area (Å²) in [4.78, 5) is 25.2. The molecule has 5 heteroatoms. The summed E-state index contributed by atoms with van der Waals surface area (Å²) in [5.74, 6) is -0.292. The van der Waals surface area contributed by atoms with Crippen molar-refractivity contribution in [3.8, 4) is 0 Å². The van der Waals surface area contributed by atoms with E-state index in [0.29, 0.717) is 13.1 Å². The summed E-state index contributed by atoms with van der Waals surface area (Å²) in [5, 5.41) is 2.98. The average molecular weight is 293 g/mol. The van der Waals surface area contributed by atoms with Crippen molar-refractivity contribution in [3.05, 3.63) is 11.6 Å². The fourth-order valence-corrected chi connectivity index (χ4v) is 3.18. The molecule has 0 aromatic carbocycles. The fraction of sp³-hybridized carbons (Fsp3) is 0.750. The van der Waals surface area contributed by atoms with Gasteiger partial charge in [-0.3, -0.25) is 14.5 Å². The molecule has 5 nitrogen and oxygen atoms in total. The summed E-state index contributed by atoms with van der Waals surface area (Å²) in [6.45, 7) is 2.59. The number of allylic oxidation sites excluding steroid dienone is 1. The number of hydrogen-bond acceptors (Lipinski definition) is 3. The third-order valence-electron chi connectivity index (χ3n) is 4.43. The molecule has 0 radical (unpaired) electrons. The van der Waals surface area contributed by atoms with Gasteiger partial charge in [0.2, 0.25) is 11.8 Å². The van der Waals surface area contributed by atoms with Crippen LogP contribution < -0.4 is 11.1 Å². The van der Waals surface area contributed by atoms with Gasteiger partial charge in [-0.25, -0.2) is 0 Å². The number of amides is 2. The van der Waals surface area contributed by atoms with Crippen LogP contribution in [-0.4, -0.2) is 42.9 Å². The summed E-state index contributed by atoms with van der Waals surface area (Å²) in [6, 6.07) is 0. The quantitative estimate of drug-likeness (QED) is 0.722. The molecule has 2 aliphatic rings. The topological polar surface area (TPSA) is 75.4 Å². The van der Waals surface area contributed by atoms with Crippen LogP contribution in [0.15, 0.2) is 11.6 Å². The molecule has 2 rings (SSSR count). The molecule has 1 saturated heterocycles. The zero-order valence-corrected chi connectivity index (χ0v) is 12.8. The Morgan fingerprint density at radius 1 is 1.33 bits per heavy atom. The van der Waals surface area contributed by atoms with Crippen molar-refractivity contribution >= 4 is 11.8 Å². The largest absolute Gasteiger partial charge is 0.369 e. The first kappa shape index (κ1) is 16.0. The van der Waals surface area contributed by atoms with E-state index in [4.69, 9.17) is 5.73 Å². The predicted octanol–water partition coefficient (Wildman–Crippen LogP) is 1.19. The second-order valence-corrected chi connectivity index (χ2v) is 6.18. The molecule has 3 N–H and O–H groups in total. The van der Waals surface area contributed by atoms with Gasteiger partial charge in [-0.1, -0.05) is 11.6 Å². The van der Waals surface area contributed by atoms with Gasteiger partial charge in [0.15, 0.2) is 0 Å². The van der Waals surface area contributed by atoms with E-state index in [1.165, 1.54) is 31.3 Å². The summed E-state index contributed by atoms with van der Waals surface area (Å²) < 4.78 is 0. The highest BCUT2D eigenvalue weighted by Crippen LogP contribution is 2.19. The molecule has 1 heterocycles. The van der Waals surface area contributed by atoms with E-state index in [-0.39, 0.29) is 17.7 Å². The highest BCUT2D eigenvalue weighted by Gasteiger charge is 2.24. The molecule has 1 fully saturated rings. The number of carbonyl (C=O) groups is 2. The molecular formula is C16H27N3O2. The average Bonchev–Trinajstić information content (AvgIpc) is 2.48. The first-order valence-corrected chi connectivity index (χ1v) is 8.11. The van der Waals surface area contributed by atoms with Gasteiger partial charge in [-0.05, 0) is 51.5 Å². The number of nitrogens with zero attached hydrogens (tertiary/aromatic N) is 1. The van der Waals surface area contributed by atoms with Gasteiger partial charge in [0.05, 0.1) is 12.5 Å². The maximum Gasteiger partial charge on any atom is 0.234 e. The Labute approximate surface area is 126 Å². The van der Waals surface area contributed by atoms with Crippen LogP contribution in [-0.2, 0) is 9.59 Å². The standard InChI is InChI=1S/C16H27N3O2/c17-16(21)14-7-4-10-19(11-14)12-15(20)18-9-8-13-5-2-1-3-6-13/h5,14H,1-4,6-12H2,(H2,17,21)(H,18,20)/t14-/m1/s1. The highest BCUT2D eigenvalue weighted by atomic mass is 16.2. The summed E-state index contributed by atoms with van der Waals surface area (Å²) in [5.41, 5.74) is 6.83. The van der Waals surface area contributed by atoms with Crippen LogP contribution in [0.4, 0.5) is 0 Å². The van der Waals surface area contributed by atoms with Crippen LogP contribution in [0, 0.1) is 5.92 Å². The fourth-order valence-electron chi connectivity index (χ4n) is 3.18. The summed E-state index contributed by atoms with van der Waals surface area (Å²) in [7, 11) is 0. The number of carbonyl (C=O) groups excluding carboxylic acids is 2. The van der Waals surface area contributed by atoms with E-state index in [9.17, 15) is 9.59 Å². The Kier molecular flexibility index (Phi) is 6.23. The van der Waals surface area contributed by atoms with Crippen molar-refractivity contribution in [2.75, 3.05) is 26.2 Å². The maximum atomic E-state index is 11.9. The minimum absolute atomic E-state index is 0.0523. The zero-order chi connectivity index (χ0) is 15.1. The van der Waals surface area contributed by atoms with E-state index in [1.807, 2.05) is 4.90 Å². The monoisotopic (exact) mass is 293 g/mol. The third-order valence-corrected chi connectivity index (χ3v) is 4.43. The van der Waals surface area contributed by atoms with Crippen molar-refractivity contribution in [3.63, 3.8) is 0 Å². The van der Waals surface area contributed by atoms with Crippen LogP contribution in [0.5, 0.6) is 0 Å². The van der Waals surface area contributed by atoms with Gasteiger partial charge in [-0.2, -0.15) is 0 Å². The van der Waals surface area contributed by atoms with Gasteiger partial charge < -0.3 is 11.1 Å². The molecule has 1 atom stereocenters. The predicted molar refractivity (Wildman–Crippen MR) is 82.5 cm³/mol. The number of nitrogens with one attached hydrogen (secondary N) is 1. The normalized spacial score (nSPS) is 23.4. The number of primary amides is 1. The van der Waals surface area contributed by atoms with Crippen molar-refractivity contribution in [2.45, 2.75) is 44.9 Å². The van der Waals surface area contributed by atoms with Crippen LogP contribution >= 0.6 is 0 Å². The number of likely N-dealkylation sites (tertiary alicyclic amines) is 1. The second kappa shape index (κ2) is 8.17. The van der Waals surface area contributed by atoms with Crippen LogP contribution in [0.1, 0.15) is 44.9 Å². The first-order chi connectivity index (χ1) is 10.1. The van der Waals surface area contributed by atoms with Crippen LogP contribution in [0.3, 0.4) is 0 Å². The number of rotatable bonds is 6. The van der Waals surface area contributed by atoms with E-state index in [1.54, 1.807) is 0 Å². The molecule has 2 amide bonds. The number of hydrogen-bond donors (Lipinski definition) is 2. The lowest BCUT2D eigenvalue weighted by Gasteiger charge is -2.30. The lowest BCUT2D eigenvalue weighted by Crippen LogP contribution is -2.45. The molecule has 118 valence electrons.